The summed E-state index contributed by atoms with van der Waals surface area (Å²) >= 11 is 0. The van der Waals surface area contributed by atoms with Crippen molar-refractivity contribution in [3.8, 4) is 0 Å². The van der Waals surface area contributed by atoms with Gasteiger partial charge in [-0.25, -0.2) is 0 Å². The van der Waals surface area contributed by atoms with Gasteiger partial charge in [0.2, 0.25) is 0 Å². The first-order valence-electron chi connectivity index (χ1n) is 12.9. The quantitative estimate of drug-likeness (QED) is 0.417. The van der Waals surface area contributed by atoms with Crippen LogP contribution in [-0.2, 0) is 0 Å². The minimum Gasteiger partial charge on any atom is -0.0846 e. The fourth-order valence-electron chi connectivity index (χ4n) is 8.84. The molecule has 0 heterocycles. The summed E-state index contributed by atoms with van der Waals surface area (Å²) in [6.45, 7) is 15.3. The van der Waals surface area contributed by atoms with Crippen molar-refractivity contribution in [2.75, 3.05) is 0 Å². The summed E-state index contributed by atoms with van der Waals surface area (Å²) in [6, 6.07) is 0. The van der Waals surface area contributed by atoms with Gasteiger partial charge in [-0.15, -0.1) is 0 Å². The molecule has 4 rings (SSSR count). The van der Waals surface area contributed by atoms with Crippen LogP contribution in [0.4, 0.5) is 0 Å². The Bertz CT molecular complexity index is 573. The highest BCUT2D eigenvalue weighted by Gasteiger charge is 2.59. The van der Waals surface area contributed by atoms with E-state index in [0.29, 0.717) is 10.8 Å². The number of hydrogen-bond acceptors (Lipinski definition) is 0. The van der Waals surface area contributed by atoms with E-state index in [1.54, 1.807) is 0 Å². The number of fused-ring (bicyclic) bond motifs is 5. The molecule has 0 N–H and O–H groups in total. The van der Waals surface area contributed by atoms with Crippen LogP contribution < -0.4 is 0 Å². The lowest BCUT2D eigenvalue weighted by Gasteiger charge is -2.59. The molecule has 0 radical (unpaired) electrons. The van der Waals surface area contributed by atoms with Gasteiger partial charge in [0.25, 0.3) is 0 Å². The largest absolute Gasteiger partial charge is 0.0846 e. The molecule has 160 valence electrons. The first kappa shape index (κ1) is 21.0. The van der Waals surface area contributed by atoms with Gasteiger partial charge in [0.05, 0.1) is 0 Å². The molecule has 3 saturated carbocycles. The molecular formula is C28H48. The summed E-state index contributed by atoms with van der Waals surface area (Å²) < 4.78 is 0. The zero-order valence-electron chi connectivity index (χ0n) is 19.8. The first-order chi connectivity index (χ1) is 13.3. The molecule has 0 saturated heterocycles. The summed E-state index contributed by atoms with van der Waals surface area (Å²) in [6.07, 6.45) is 20.3. The Morgan fingerprint density at radius 2 is 1.57 bits per heavy atom. The van der Waals surface area contributed by atoms with Crippen molar-refractivity contribution in [3.63, 3.8) is 0 Å². The number of rotatable bonds is 5. The van der Waals surface area contributed by atoms with Gasteiger partial charge in [0.1, 0.15) is 0 Å². The maximum atomic E-state index is 2.75. The van der Waals surface area contributed by atoms with Crippen LogP contribution in [0.1, 0.15) is 106 Å². The van der Waals surface area contributed by atoms with Crippen molar-refractivity contribution < 1.29 is 0 Å². The second-order valence-corrected chi connectivity index (χ2v) is 12.7. The lowest BCUT2D eigenvalue weighted by atomic mass is 9.46. The summed E-state index contributed by atoms with van der Waals surface area (Å²) in [5, 5.41) is 0. The first-order valence-corrected chi connectivity index (χ1v) is 12.9. The molecule has 4 aliphatic carbocycles. The second-order valence-electron chi connectivity index (χ2n) is 12.7. The predicted octanol–water partition coefficient (Wildman–Crippen LogP) is 8.52. The van der Waals surface area contributed by atoms with Gasteiger partial charge in [-0.2, -0.15) is 0 Å². The minimum atomic E-state index is 0.605. The van der Waals surface area contributed by atoms with Crippen molar-refractivity contribution in [2.24, 2.45) is 58.2 Å². The van der Waals surface area contributed by atoms with Crippen molar-refractivity contribution in [3.05, 3.63) is 12.2 Å². The van der Waals surface area contributed by atoms with Crippen LogP contribution in [0.2, 0.25) is 0 Å². The summed E-state index contributed by atoms with van der Waals surface area (Å²) in [5.41, 5.74) is 1.22. The third-order valence-electron chi connectivity index (χ3n) is 10.6. The van der Waals surface area contributed by atoms with E-state index in [-0.39, 0.29) is 0 Å². The maximum absolute atomic E-state index is 2.75. The molecule has 6 unspecified atom stereocenters. The fraction of sp³-hybridized carbons (Fsp3) is 0.929. The van der Waals surface area contributed by atoms with Crippen molar-refractivity contribution in [1.29, 1.82) is 0 Å². The van der Waals surface area contributed by atoms with E-state index in [2.05, 4.69) is 53.7 Å². The van der Waals surface area contributed by atoms with Crippen LogP contribution in [0.15, 0.2) is 12.2 Å². The van der Waals surface area contributed by atoms with E-state index >= 15 is 0 Å². The van der Waals surface area contributed by atoms with Crippen LogP contribution in [0.3, 0.4) is 0 Å². The molecule has 28 heavy (non-hydrogen) atoms. The molecule has 0 amide bonds. The molecule has 0 aromatic rings. The van der Waals surface area contributed by atoms with Gasteiger partial charge in [-0.3, -0.25) is 0 Å². The molecule has 0 bridgehead atoms. The van der Waals surface area contributed by atoms with E-state index in [4.69, 9.17) is 0 Å². The minimum absolute atomic E-state index is 0.605. The van der Waals surface area contributed by atoms with E-state index < -0.39 is 0 Å². The molecule has 0 aromatic carbocycles. The van der Waals surface area contributed by atoms with E-state index in [1.807, 2.05) is 0 Å². The predicted molar refractivity (Wildman–Crippen MR) is 122 cm³/mol. The third kappa shape index (κ3) is 3.43. The maximum Gasteiger partial charge on any atom is -0.0166 e. The second kappa shape index (κ2) is 7.77. The standard InChI is InChI=1S/C28H48/c1-19(2)8-7-9-21(4)24-12-13-25-23-11-10-22-18-20(3)14-16-27(22,5)26(23)15-17-28(24,25)6/h10-11,19-26H,7-9,12-18H2,1-6H3/t20?,21-,22?,23?,24?,25?,26?,27+,28-/m1/s1. The SMILES string of the molecule is CC(C)CCC[C@@H](C)C1CCC2C3C=CC4CC(C)CC[C@]4(C)C3CC[C@@]21C. The van der Waals surface area contributed by atoms with E-state index in [0.717, 1.165) is 47.3 Å². The molecule has 3 fully saturated rings. The molecular weight excluding hydrogens is 336 g/mol. The Labute approximate surface area is 176 Å². The lowest BCUT2D eigenvalue weighted by molar-refractivity contribution is -0.0701. The van der Waals surface area contributed by atoms with Gasteiger partial charge in [0.15, 0.2) is 0 Å². The fourth-order valence-corrected chi connectivity index (χ4v) is 8.84. The van der Waals surface area contributed by atoms with Crippen molar-refractivity contribution >= 4 is 0 Å². The Hall–Kier alpha value is -0.260. The van der Waals surface area contributed by atoms with Gasteiger partial charge in [0, 0.05) is 0 Å². The molecule has 0 heteroatoms. The van der Waals surface area contributed by atoms with Gasteiger partial charge in [-0.1, -0.05) is 79.4 Å². The summed E-state index contributed by atoms with van der Waals surface area (Å²) in [4.78, 5) is 0. The van der Waals surface area contributed by atoms with Crippen LogP contribution in [0.5, 0.6) is 0 Å². The van der Waals surface area contributed by atoms with Crippen molar-refractivity contribution in [2.45, 2.75) is 106 Å². The summed E-state index contributed by atoms with van der Waals surface area (Å²) in [7, 11) is 0. The van der Waals surface area contributed by atoms with Gasteiger partial charge < -0.3 is 0 Å². The Kier molecular flexibility index (Phi) is 5.83. The number of allylic oxidation sites excluding steroid dienone is 2. The Balaban J connectivity index is 1.49. The molecule has 4 aliphatic rings. The Morgan fingerprint density at radius 1 is 0.857 bits per heavy atom. The molecule has 9 atom stereocenters. The molecule has 0 spiro atoms. The molecule has 0 aromatic heterocycles. The lowest BCUT2D eigenvalue weighted by Crippen LogP contribution is -2.51. The van der Waals surface area contributed by atoms with Crippen LogP contribution >= 0.6 is 0 Å². The summed E-state index contributed by atoms with van der Waals surface area (Å²) in [5.74, 6) is 7.42. The smallest absolute Gasteiger partial charge is 0.0166 e. The highest BCUT2D eigenvalue weighted by atomic mass is 14.6. The highest BCUT2D eigenvalue weighted by molar-refractivity contribution is 5.18. The normalized spacial score (nSPS) is 48.8. The topological polar surface area (TPSA) is 0 Å². The van der Waals surface area contributed by atoms with Gasteiger partial charge in [-0.05, 0) is 96.7 Å². The average molecular weight is 385 g/mol. The monoisotopic (exact) mass is 384 g/mol. The number of hydrogen-bond donors (Lipinski definition) is 0. The van der Waals surface area contributed by atoms with E-state index in [9.17, 15) is 0 Å². The van der Waals surface area contributed by atoms with Crippen LogP contribution in [-0.4, -0.2) is 0 Å². The highest BCUT2D eigenvalue weighted by Crippen LogP contribution is 2.67. The average Bonchev–Trinajstić information content (AvgIpc) is 2.99. The Morgan fingerprint density at radius 3 is 2.32 bits per heavy atom. The zero-order valence-corrected chi connectivity index (χ0v) is 19.8. The molecule has 0 nitrogen and oxygen atoms in total. The zero-order chi connectivity index (χ0) is 20.1. The van der Waals surface area contributed by atoms with Gasteiger partial charge >= 0.3 is 0 Å². The molecule has 0 aliphatic heterocycles. The van der Waals surface area contributed by atoms with Crippen LogP contribution in [0.25, 0.3) is 0 Å². The van der Waals surface area contributed by atoms with Crippen LogP contribution in [0, 0.1) is 58.2 Å². The van der Waals surface area contributed by atoms with Crippen molar-refractivity contribution in [1.82, 2.24) is 0 Å². The third-order valence-corrected chi connectivity index (χ3v) is 10.6. The van der Waals surface area contributed by atoms with E-state index in [1.165, 1.54) is 64.2 Å².